The van der Waals surface area contributed by atoms with Crippen molar-refractivity contribution in [2.24, 2.45) is 0 Å². The predicted octanol–water partition coefficient (Wildman–Crippen LogP) is -0.410. The summed E-state index contributed by atoms with van der Waals surface area (Å²) in [6, 6.07) is -1.34. The van der Waals surface area contributed by atoms with E-state index >= 15 is 0 Å². The highest BCUT2D eigenvalue weighted by atomic mass is 16.4. The number of carboxylic acids is 1. The number of rotatable bonds is 4. The number of aromatic amines is 1. The van der Waals surface area contributed by atoms with Crippen LogP contribution in [0, 0.1) is 13.8 Å². The standard InChI is InChI=1S/C10H15N3O4/c1-4-7(5(2)13-12-4)9(15)11-8(6(3)14)10(16)17/h6,8,14H,1-3H3,(H,11,15)(H,12,13)(H,16,17). The quantitative estimate of drug-likeness (QED) is 0.572. The Morgan fingerprint density at radius 3 is 2.35 bits per heavy atom. The highest BCUT2D eigenvalue weighted by Crippen LogP contribution is 2.09. The van der Waals surface area contributed by atoms with E-state index in [1.54, 1.807) is 13.8 Å². The van der Waals surface area contributed by atoms with Crippen LogP contribution in [0.25, 0.3) is 0 Å². The Kier molecular flexibility index (Phi) is 3.84. The zero-order valence-corrected chi connectivity index (χ0v) is 9.81. The van der Waals surface area contributed by atoms with Gasteiger partial charge in [-0.3, -0.25) is 9.89 Å². The zero-order chi connectivity index (χ0) is 13.2. The summed E-state index contributed by atoms with van der Waals surface area (Å²) in [5.74, 6) is -1.85. The van der Waals surface area contributed by atoms with Gasteiger partial charge in [0.25, 0.3) is 5.91 Å². The summed E-state index contributed by atoms with van der Waals surface area (Å²) in [5.41, 5.74) is 1.33. The number of nitrogens with one attached hydrogen (secondary N) is 2. The lowest BCUT2D eigenvalue weighted by molar-refractivity contribution is -0.141. The Hall–Kier alpha value is -1.89. The van der Waals surface area contributed by atoms with Gasteiger partial charge >= 0.3 is 5.97 Å². The maximum absolute atomic E-state index is 11.8. The van der Waals surface area contributed by atoms with Crippen LogP contribution in [-0.2, 0) is 4.79 Å². The molecule has 7 heteroatoms. The molecule has 0 aliphatic heterocycles. The third kappa shape index (κ3) is 2.82. The number of aryl methyl sites for hydroxylation is 2. The smallest absolute Gasteiger partial charge is 0.328 e. The summed E-state index contributed by atoms with van der Waals surface area (Å²) < 4.78 is 0. The molecule has 94 valence electrons. The summed E-state index contributed by atoms with van der Waals surface area (Å²) in [7, 11) is 0. The van der Waals surface area contributed by atoms with Gasteiger partial charge < -0.3 is 15.5 Å². The molecule has 1 amide bonds. The molecule has 1 aromatic heterocycles. The first kappa shape index (κ1) is 13.2. The van der Waals surface area contributed by atoms with Crippen LogP contribution in [0.1, 0.15) is 28.7 Å². The van der Waals surface area contributed by atoms with Crippen molar-refractivity contribution < 1.29 is 19.8 Å². The van der Waals surface area contributed by atoms with E-state index in [0.717, 1.165) is 0 Å². The lowest BCUT2D eigenvalue weighted by Crippen LogP contribution is -2.47. The molecule has 0 radical (unpaired) electrons. The molecule has 2 atom stereocenters. The van der Waals surface area contributed by atoms with Crippen molar-refractivity contribution in [3.8, 4) is 0 Å². The van der Waals surface area contributed by atoms with E-state index in [0.29, 0.717) is 17.0 Å². The molecule has 0 saturated heterocycles. The Balaban J connectivity index is 2.89. The summed E-state index contributed by atoms with van der Waals surface area (Å²) in [6.45, 7) is 4.60. The number of hydrogen-bond acceptors (Lipinski definition) is 4. The first-order valence-electron chi connectivity index (χ1n) is 5.08. The van der Waals surface area contributed by atoms with E-state index in [-0.39, 0.29) is 0 Å². The Bertz CT molecular complexity index is 419. The summed E-state index contributed by atoms with van der Waals surface area (Å²) in [5, 5.41) is 26.8. The molecule has 0 spiro atoms. The molecular formula is C10H15N3O4. The molecule has 0 fully saturated rings. The molecule has 0 bridgehead atoms. The van der Waals surface area contributed by atoms with Gasteiger partial charge in [0.1, 0.15) is 0 Å². The first-order valence-corrected chi connectivity index (χ1v) is 5.08. The van der Waals surface area contributed by atoms with Crippen molar-refractivity contribution >= 4 is 11.9 Å². The number of aliphatic carboxylic acids is 1. The van der Waals surface area contributed by atoms with Gasteiger partial charge in [0, 0.05) is 5.69 Å². The van der Waals surface area contributed by atoms with Gasteiger partial charge in [-0.25, -0.2) is 4.79 Å². The van der Waals surface area contributed by atoms with Crippen LogP contribution in [0.15, 0.2) is 0 Å². The number of H-pyrrole nitrogens is 1. The normalized spacial score (nSPS) is 14.1. The molecule has 4 N–H and O–H groups in total. The van der Waals surface area contributed by atoms with Crippen molar-refractivity contribution in [3.05, 3.63) is 17.0 Å². The number of hydrogen-bond donors (Lipinski definition) is 4. The molecule has 0 saturated carbocycles. The van der Waals surface area contributed by atoms with Gasteiger partial charge in [-0.15, -0.1) is 0 Å². The van der Waals surface area contributed by atoms with Crippen LogP contribution >= 0.6 is 0 Å². The van der Waals surface area contributed by atoms with Crippen LogP contribution in [0.2, 0.25) is 0 Å². The maximum atomic E-state index is 11.8. The fourth-order valence-corrected chi connectivity index (χ4v) is 1.49. The third-order valence-electron chi connectivity index (χ3n) is 2.39. The van der Waals surface area contributed by atoms with Gasteiger partial charge in [0.2, 0.25) is 0 Å². The Morgan fingerprint density at radius 2 is 2.00 bits per heavy atom. The number of aliphatic hydroxyl groups excluding tert-OH is 1. The van der Waals surface area contributed by atoms with E-state index in [1.165, 1.54) is 6.92 Å². The number of carbonyl (C=O) groups excluding carboxylic acids is 1. The minimum atomic E-state index is -1.34. The largest absolute Gasteiger partial charge is 0.480 e. The van der Waals surface area contributed by atoms with Gasteiger partial charge in [0.15, 0.2) is 6.04 Å². The second kappa shape index (κ2) is 4.96. The minimum absolute atomic E-state index is 0.303. The van der Waals surface area contributed by atoms with E-state index in [2.05, 4.69) is 15.5 Å². The van der Waals surface area contributed by atoms with Crippen LogP contribution < -0.4 is 5.32 Å². The number of nitrogens with zero attached hydrogens (tertiary/aromatic N) is 1. The van der Waals surface area contributed by atoms with Crippen molar-refractivity contribution in [1.82, 2.24) is 15.5 Å². The van der Waals surface area contributed by atoms with E-state index < -0.39 is 24.0 Å². The lowest BCUT2D eigenvalue weighted by Gasteiger charge is -2.16. The fraction of sp³-hybridized carbons (Fsp3) is 0.500. The number of carbonyl (C=O) groups is 2. The van der Waals surface area contributed by atoms with Crippen LogP contribution in [-0.4, -0.2) is 44.4 Å². The highest BCUT2D eigenvalue weighted by molar-refractivity contribution is 5.98. The molecule has 0 aliphatic carbocycles. The fourth-order valence-electron chi connectivity index (χ4n) is 1.49. The average Bonchev–Trinajstić information content (AvgIpc) is 2.53. The lowest BCUT2D eigenvalue weighted by atomic mass is 10.1. The molecule has 1 heterocycles. The van der Waals surface area contributed by atoms with Crippen LogP contribution in [0.5, 0.6) is 0 Å². The predicted molar refractivity (Wildman–Crippen MR) is 58.6 cm³/mol. The topological polar surface area (TPSA) is 115 Å². The van der Waals surface area contributed by atoms with Gasteiger partial charge in [-0.05, 0) is 20.8 Å². The summed E-state index contributed by atoms with van der Waals surface area (Å²) >= 11 is 0. The van der Waals surface area contributed by atoms with E-state index in [1.807, 2.05) is 0 Å². The number of aliphatic hydroxyl groups is 1. The van der Waals surface area contributed by atoms with Crippen LogP contribution in [0.3, 0.4) is 0 Å². The van der Waals surface area contributed by atoms with Crippen LogP contribution in [0.4, 0.5) is 0 Å². The third-order valence-corrected chi connectivity index (χ3v) is 2.39. The molecule has 0 aliphatic rings. The minimum Gasteiger partial charge on any atom is -0.480 e. The van der Waals surface area contributed by atoms with Gasteiger partial charge in [-0.2, -0.15) is 5.10 Å². The molecule has 2 unspecified atom stereocenters. The van der Waals surface area contributed by atoms with Gasteiger partial charge in [-0.1, -0.05) is 0 Å². The maximum Gasteiger partial charge on any atom is 0.328 e. The Morgan fingerprint density at radius 1 is 1.41 bits per heavy atom. The SMILES string of the molecule is Cc1n[nH]c(C)c1C(=O)NC(C(=O)O)C(C)O. The zero-order valence-electron chi connectivity index (χ0n) is 9.81. The molecule has 0 aromatic carbocycles. The second-order valence-corrected chi connectivity index (χ2v) is 3.84. The molecule has 17 heavy (non-hydrogen) atoms. The van der Waals surface area contributed by atoms with Gasteiger partial charge in [0.05, 0.1) is 17.4 Å². The van der Waals surface area contributed by atoms with E-state index in [4.69, 9.17) is 5.11 Å². The van der Waals surface area contributed by atoms with E-state index in [9.17, 15) is 14.7 Å². The van der Waals surface area contributed by atoms with Crippen molar-refractivity contribution in [1.29, 1.82) is 0 Å². The molecule has 7 nitrogen and oxygen atoms in total. The number of amides is 1. The highest BCUT2D eigenvalue weighted by Gasteiger charge is 2.27. The molecular weight excluding hydrogens is 226 g/mol. The Labute approximate surface area is 97.8 Å². The van der Waals surface area contributed by atoms with Crippen molar-refractivity contribution in [2.45, 2.75) is 32.9 Å². The number of aromatic nitrogens is 2. The average molecular weight is 241 g/mol. The monoisotopic (exact) mass is 241 g/mol. The van der Waals surface area contributed by atoms with Crippen molar-refractivity contribution in [3.63, 3.8) is 0 Å². The second-order valence-electron chi connectivity index (χ2n) is 3.84. The molecule has 1 rings (SSSR count). The first-order chi connectivity index (χ1) is 7.84. The molecule has 1 aromatic rings. The summed E-state index contributed by atoms with van der Waals surface area (Å²) in [4.78, 5) is 22.6. The van der Waals surface area contributed by atoms with Crippen molar-refractivity contribution in [2.75, 3.05) is 0 Å². The number of carboxylic acid groups (broad SMARTS) is 1. The summed E-state index contributed by atoms with van der Waals surface area (Å²) in [6.07, 6.45) is -1.18.